The van der Waals surface area contributed by atoms with E-state index in [0.29, 0.717) is 5.56 Å². The molecule has 0 bridgehead atoms. The van der Waals surface area contributed by atoms with Crippen molar-refractivity contribution in [2.75, 3.05) is 5.73 Å². The first-order valence-corrected chi connectivity index (χ1v) is 7.78. The Labute approximate surface area is 142 Å². The first kappa shape index (κ1) is 15.8. The Bertz CT molecular complexity index is 903. The van der Waals surface area contributed by atoms with E-state index in [-0.39, 0.29) is 5.82 Å². The van der Waals surface area contributed by atoms with Crippen LogP contribution in [0.4, 0.5) is 10.1 Å². The SMILES string of the molecule is Cc1cc(C)c(C#Cc2ccc(-c3ccc(N)cc3)cc2)c(F)c1. The number of rotatable bonds is 1. The summed E-state index contributed by atoms with van der Waals surface area (Å²) in [5.41, 5.74) is 11.7. The zero-order valence-corrected chi connectivity index (χ0v) is 13.7. The minimum atomic E-state index is -0.265. The number of hydrogen-bond acceptors (Lipinski definition) is 1. The van der Waals surface area contributed by atoms with Crippen LogP contribution in [0.25, 0.3) is 11.1 Å². The van der Waals surface area contributed by atoms with E-state index in [1.54, 1.807) is 0 Å². The van der Waals surface area contributed by atoms with Gasteiger partial charge in [-0.15, -0.1) is 0 Å². The largest absolute Gasteiger partial charge is 0.399 e. The van der Waals surface area contributed by atoms with E-state index in [2.05, 4.69) is 11.8 Å². The van der Waals surface area contributed by atoms with Gasteiger partial charge >= 0.3 is 0 Å². The zero-order chi connectivity index (χ0) is 17.1. The summed E-state index contributed by atoms with van der Waals surface area (Å²) < 4.78 is 14.0. The summed E-state index contributed by atoms with van der Waals surface area (Å²) in [6, 6.07) is 19.1. The number of aryl methyl sites for hydroxylation is 2. The van der Waals surface area contributed by atoms with Gasteiger partial charge in [-0.1, -0.05) is 42.2 Å². The van der Waals surface area contributed by atoms with Crippen molar-refractivity contribution in [1.82, 2.24) is 0 Å². The fourth-order valence-electron chi connectivity index (χ4n) is 2.63. The third kappa shape index (κ3) is 3.47. The summed E-state index contributed by atoms with van der Waals surface area (Å²) in [6.45, 7) is 3.76. The van der Waals surface area contributed by atoms with Gasteiger partial charge < -0.3 is 5.73 Å². The molecule has 0 aromatic heterocycles. The smallest absolute Gasteiger partial charge is 0.139 e. The molecule has 2 N–H and O–H groups in total. The van der Waals surface area contributed by atoms with Gasteiger partial charge in [0, 0.05) is 11.3 Å². The standard InChI is InChI=1S/C22H18FN/c1-15-13-16(2)21(22(23)14-15)12-5-17-3-6-18(7-4-17)19-8-10-20(24)11-9-19/h3-4,6-11,13-14H,24H2,1-2H3. The first-order chi connectivity index (χ1) is 11.5. The predicted octanol–water partition coefficient (Wildman–Crippen LogP) is 5.09. The second-order valence-corrected chi connectivity index (χ2v) is 5.89. The molecule has 3 aromatic carbocycles. The summed E-state index contributed by atoms with van der Waals surface area (Å²) >= 11 is 0. The van der Waals surface area contributed by atoms with E-state index in [4.69, 9.17) is 5.73 Å². The molecular weight excluding hydrogens is 297 g/mol. The highest BCUT2D eigenvalue weighted by molar-refractivity contribution is 5.66. The summed E-state index contributed by atoms with van der Waals surface area (Å²) in [6.07, 6.45) is 0. The molecule has 0 fully saturated rings. The van der Waals surface area contributed by atoms with Crippen LogP contribution in [0.5, 0.6) is 0 Å². The number of halogens is 1. The lowest BCUT2D eigenvalue weighted by atomic mass is 10.0. The summed E-state index contributed by atoms with van der Waals surface area (Å²) in [7, 11) is 0. The van der Waals surface area contributed by atoms with Crippen molar-refractivity contribution in [3.05, 3.63) is 88.7 Å². The lowest BCUT2D eigenvalue weighted by Gasteiger charge is -2.03. The molecule has 24 heavy (non-hydrogen) atoms. The van der Waals surface area contributed by atoms with Gasteiger partial charge in [-0.25, -0.2) is 4.39 Å². The molecule has 0 aliphatic rings. The molecule has 0 aliphatic heterocycles. The maximum Gasteiger partial charge on any atom is 0.139 e. The van der Waals surface area contributed by atoms with Gasteiger partial charge in [0.15, 0.2) is 0 Å². The maximum atomic E-state index is 14.0. The third-order valence-corrected chi connectivity index (χ3v) is 3.89. The van der Waals surface area contributed by atoms with Gasteiger partial charge in [0.25, 0.3) is 0 Å². The van der Waals surface area contributed by atoms with Crippen molar-refractivity contribution in [1.29, 1.82) is 0 Å². The van der Waals surface area contributed by atoms with Crippen LogP contribution in [0, 0.1) is 31.5 Å². The molecule has 0 aliphatic carbocycles. The van der Waals surface area contributed by atoms with Crippen LogP contribution >= 0.6 is 0 Å². The number of anilines is 1. The van der Waals surface area contributed by atoms with Crippen molar-refractivity contribution in [2.45, 2.75) is 13.8 Å². The van der Waals surface area contributed by atoms with Gasteiger partial charge in [0.05, 0.1) is 5.56 Å². The second kappa shape index (κ2) is 6.60. The van der Waals surface area contributed by atoms with Gasteiger partial charge in [-0.3, -0.25) is 0 Å². The summed E-state index contributed by atoms with van der Waals surface area (Å²) in [5.74, 6) is 5.72. The Morgan fingerprint density at radius 3 is 1.96 bits per heavy atom. The normalized spacial score (nSPS) is 10.1. The lowest BCUT2D eigenvalue weighted by Crippen LogP contribution is -1.90. The molecule has 2 heteroatoms. The van der Waals surface area contributed by atoms with Gasteiger partial charge in [-0.05, 0) is 66.4 Å². The molecule has 0 radical (unpaired) electrons. The second-order valence-electron chi connectivity index (χ2n) is 5.89. The first-order valence-electron chi connectivity index (χ1n) is 7.78. The molecule has 0 amide bonds. The molecule has 118 valence electrons. The van der Waals surface area contributed by atoms with E-state index >= 15 is 0 Å². The Balaban J connectivity index is 1.87. The number of nitrogens with two attached hydrogens (primary N) is 1. The summed E-state index contributed by atoms with van der Waals surface area (Å²) in [4.78, 5) is 0. The maximum absolute atomic E-state index is 14.0. The molecule has 0 unspecified atom stereocenters. The number of hydrogen-bond donors (Lipinski definition) is 1. The van der Waals surface area contributed by atoms with E-state index in [9.17, 15) is 4.39 Å². The van der Waals surface area contributed by atoms with Crippen LogP contribution in [-0.2, 0) is 0 Å². The molecule has 1 nitrogen and oxygen atoms in total. The van der Waals surface area contributed by atoms with Crippen LogP contribution in [0.1, 0.15) is 22.3 Å². The van der Waals surface area contributed by atoms with Crippen molar-refractivity contribution in [3.63, 3.8) is 0 Å². The van der Waals surface area contributed by atoms with Crippen molar-refractivity contribution in [3.8, 4) is 23.0 Å². The molecule has 0 saturated heterocycles. The molecule has 0 heterocycles. The van der Waals surface area contributed by atoms with Crippen LogP contribution in [-0.4, -0.2) is 0 Å². The molecule has 0 saturated carbocycles. The zero-order valence-electron chi connectivity index (χ0n) is 13.7. The van der Waals surface area contributed by atoms with Gasteiger partial charge in [0.2, 0.25) is 0 Å². The van der Waals surface area contributed by atoms with E-state index in [1.165, 1.54) is 6.07 Å². The Morgan fingerprint density at radius 1 is 0.792 bits per heavy atom. The van der Waals surface area contributed by atoms with Crippen LogP contribution < -0.4 is 5.73 Å². The quantitative estimate of drug-likeness (QED) is 0.491. The van der Waals surface area contributed by atoms with Crippen LogP contribution in [0.3, 0.4) is 0 Å². The van der Waals surface area contributed by atoms with E-state index in [1.807, 2.05) is 68.4 Å². The average Bonchev–Trinajstić information content (AvgIpc) is 2.55. The molecule has 3 aromatic rings. The topological polar surface area (TPSA) is 26.0 Å². The Kier molecular flexibility index (Phi) is 4.35. The van der Waals surface area contributed by atoms with Gasteiger partial charge in [0.1, 0.15) is 5.82 Å². The number of benzene rings is 3. The lowest BCUT2D eigenvalue weighted by molar-refractivity contribution is 0.622. The average molecular weight is 315 g/mol. The monoisotopic (exact) mass is 315 g/mol. The van der Waals surface area contributed by atoms with Crippen molar-refractivity contribution >= 4 is 5.69 Å². The molecule has 3 rings (SSSR count). The summed E-state index contributed by atoms with van der Waals surface area (Å²) in [5, 5.41) is 0. The Morgan fingerprint density at radius 2 is 1.38 bits per heavy atom. The fraction of sp³-hybridized carbons (Fsp3) is 0.0909. The minimum Gasteiger partial charge on any atom is -0.399 e. The fourth-order valence-corrected chi connectivity index (χ4v) is 2.63. The highest BCUT2D eigenvalue weighted by Gasteiger charge is 2.04. The van der Waals surface area contributed by atoms with Crippen molar-refractivity contribution in [2.24, 2.45) is 0 Å². The molecule has 0 spiro atoms. The third-order valence-electron chi connectivity index (χ3n) is 3.89. The highest BCUT2D eigenvalue weighted by Crippen LogP contribution is 2.21. The van der Waals surface area contributed by atoms with E-state index in [0.717, 1.165) is 33.5 Å². The van der Waals surface area contributed by atoms with E-state index < -0.39 is 0 Å². The Hall–Kier alpha value is -3.05. The predicted molar refractivity (Wildman–Crippen MR) is 98.1 cm³/mol. The molecule has 0 atom stereocenters. The van der Waals surface area contributed by atoms with Crippen molar-refractivity contribution < 1.29 is 4.39 Å². The molecular formula is C22H18FN. The minimum absolute atomic E-state index is 0.265. The highest BCUT2D eigenvalue weighted by atomic mass is 19.1. The van der Waals surface area contributed by atoms with Gasteiger partial charge in [-0.2, -0.15) is 0 Å². The number of nitrogen functional groups attached to an aromatic ring is 1. The van der Waals surface area contributed by atoms with Crippen LogP contribution in [0.2, 0.25) is 0 Å². The van der Waals surface area contributed by atoms with Crippen LogP contribution in [0.15, 0.2) is 60.7 Å².